The Morgan fingerprint density at radius 3 is 2.82 bits per heavy atom. The fourth-order valence-corrected chi connectivity index (χ4v) is 2.23. The highest BCUT2D eigenvalue weighted by Crippen LogP contribution is 2.31. The smallest absolute Gasteiger partial charge is 0.267 e. The molecule has 6 heteroatoms. The number of ether oxygens (including phenoxy) is 2. The number of carbonyl (C=O) groups excluding carboxylic acids is 1. The molecule has 2 heterocycles. The van der Waals surface area contributed by atoms with Crippen LogP contribution in [0.1, 0.15) is 16.9 Å². The first-order valence-electron chi connectivity index (χ1n) is 7.08. The van der Waals surface area contributed by atoms with E-state index in [4.69, 9.17) is 9.47 Å². The predicted octanol–water partition coefficient (Wildman–Crippen LogP) is 1.33. The van der Waals surface area contributed by atoms with Crippen LogP contribution < -0.4 is 20.3 Å². The second-order valence-electron chi connectivity index (χ2n) is 4.97. The van der Waals surface area contributed by atoms with E-state index in [1.54, 1.807) is 12.1 Å². The molecule has 0 fully saturated rings. The first-order chi connectivity index (χ1) is 10.7. The van der Waals surface area contributed by atoms with E-state index in [0.717, 1.165) is 11.5 Å². The molecule has 0 aliphatic carbocycles. The second-order valence-corrected chi connectivity index (χ2v) is 4.97. The average molecular weight is 300 g/mol. The number of rotatable bonds is 4. The molecular weight excluding hydrogens is 284 g/mol. The third-order valence-electron chi connectivity index (χ3n) is 3.33. The van der Waals surface area contributed by atoms with Crippen molar-refractivity contribution in [1.82, 2.24) is 10.3 Å². The van der Waals surface area contributed by atoms with Gasteiger partial charge in [-0.3, -0.25) is 9.59 Å². The number of hydrogen-bond donors (Lipinski definition) is 2. The summed E-state index contributed by atoms with van der Waals surface area (Å²) in [5, 5.41) is 2.75. The minimum absolute atomic E-state index is 0.106. The Morgan fingerprint density at radius 1 is 1.18 bits per heavy atom. The lowest BCUT2D eigenvalue weighted by Crippen LogP contribution is -2.34. The Kier molecular flexibility index (Phi) is 4.09. The maximum absolute atomic E-state index is 11.9. The Morgan fingerprint density at radius 2 is 2.00 bits per heavy atom. The summed E-state index contributed by atoms with van der Waals surface area (Å²) in [7, 11) is 0. The van der Waals surface area contributed by atoms with E-state index in [1.807, 2.05) is 24.3 Å². The molecule has 1 unspecified atom stereocenters. The molecule has 1 aromatic heterocycles. The summed E-state index contributed by atoms with van der Waals surface area (Å²) in [5.74, 6) is 1.15. The van der Waals surface area contributed by atoms with Crippen LogP contribution in [0.3, 0.4) is 0 Å². The van der Waals surface area contributed by atoms with Crippen molar-refractivity contribution in [2.45, 2.75) is 12.5 Å². The summed E-state index contributed by atoms with van der Waals surface area (Å²) in [6.07, 6.45) is 0.516. The van der Waals surface area contributed by atoms with E-state index in [1.165, 1.54) is 6.07 Å². The number of nitrogens with one attached hydrogen (secondary N) is 2. The van der Waals surface area contributed by atoms with Crippen LogP contribution in [0.5, 0.6) is 11.5 Å². The molecule has 0 radical (unpaired) electrons. The molecule has 22 heavy (non-hydrogen) atoms. The van der Waals surface area contributed by atoms with Gasteiger partial charge in [0.2, 0.25) is 5.56 Å². The molecule has 2 N–H and O–H groups in total. The van der Waals surface area contributed by atoms with Gasteiger partial charge in [0.15, 0.2) is 11.5 Å². The molecule has 1 aromatic carbocycles. The van der Waals surface area contributed by atoms with Crippen LogP contribution in [-0.2, 0) is 0 Å². The van der Waals surface area contributed by atoms with E-state index in [0.29, 0.717) is 19.6 Å². The van der Waals surface area contributed by atoms with Gasteiger partial charge < -0.3 is 19.8 Å². The normalized spacial score (nSPS) is 16.1. The number of amides is 1. The van der Waals surface area contributed by atoms with Crippen molar-refractivity contribution in [3.05, 3.63) is 58.5 Å². The number of aromatic amines is 1. The molecular formula is C16H16N2O4. The number of hydrogen-bond acceptors (Lipinski definition) is 4. The number of fused-ring (bicyclic) bond motifs is 1. The lowest BCUT2D eigenvalue weighted by molar-refractivity contribution is 0.0811. The molecule has 0 saturated heterocycles. The van der Waals surface area contributed by atoms with Gasteiger partial charge >= 0.3 is 0 Å². The molecule has 114 valence electrons. The molecule has 1 aliphatic heterocycles. The zero-order chi connectivity index (χ0) is 15.4. The second kappa shape index (κ2) is 6.34. The first kappa shape index (κ1) is 14.2. The number of benzene rings is 1. The Labute approximate surface area is 127 Å². The monoisotopic (exact) mass is 300 g/mol. The number of aromatic nitrogens is 1. The minimum atomic E-state index is -0.310. The van der Waals surface area contributed by atoms with Crippen LogP contribution in [0.15, 0.2) is 47.3 Å². The Balaban J connectivity index is 1.50. The summed E-state index contributed by atoms with van der Waals surface area (Å²) >= 11 is 0. The van der Waals surface area contributed by atoms with Crippen LogP contribution in [0.2, 0.25) is 0 Å². The van der Waals surface area contributed by atoms with E-state index in [2.05, 4.69) is 10.3 Å². The molecule has 1 aliphatic rings. The lowest BCUT2D eigenvalue weighted by Gasteiger charge is -2.26. The summed E-state index contributed by atoms with van der Waals surface area (Å²) in [5.41, 5.74) is -0.0491. The number of para-hydroxylation sites is 2. The van der Waals surface area contributed by atoms with Crippen molar-refractivity contribution in [2.75, 3.05) is 13.2 Å². The van der Waals surface area contributed by atoms with Crippen molar-refractivity contribution in [3.8, 4) is 11.5 Å². The van der Waals surface area contributed by atoms with Gasteiger partial charge in [0, 0.05) is 19.0 Å². The zero-order valence-corrected chi connectivity index (χ0v) is 11.9. The van der Waals surface area contributed by atoms with Gasteiger partial charge in [0.1, 0.15) is 18.4 Å². The highest BCUT2D eigenvalue weighted by Gasteiger charge is 2.20. The Hall–Kier alpha value is -2.76. The van der Waals surface area contributed by atoms with Crippen LogP contribution in [0, 0.1) is 0 Å². The highest BCUT2D eigenvalue weighted by atomic mass is 16.6. The van der Waals surface area contributed by atoms with E-state index in [-0.39, 0.29) is 23.3 Å². The van der Waals surface area contributed by atoms with Gasteiger partial charge in [-0.05, 0) is 18.2 Å². The van der Waals surface area contributed by atoms with Crippen molar-refractivity contribution < 1.29 is 14.3 Å². The van der Waals surface area contributed by atoms with Gasteiger partial charge in [-0.25, -0.2) is 0 Å². The van der Waals surface area contributed by atoms with Crippen LogP contribution in [-0.4, -0.2) is 30.1 Å². The van der Waals surface area contributed by atoms with Gasteiger partial charge in [0.05, 0.1) is 0 Å². The SMILES string of the molecule is O=C(NCCC1COc2ccccc2O1)c1cccc(=O)[nH]1. The fourth-order valence-electron chi connectivity index (χ4n) is 2.23. The maximum atomic E-state index is 11.9. The molecule has 0 bridgehead atoms. The van der Waals surface area contributed by atoms with Gasteiger partial charge in [-0.15, -0.1) is 0 Å². The van der Waals surface area contributed by atoms with Gasteiger partial charge in [0.25, 0.3) is 5.91 Å². The third kappa shape index (κ3) is 3.28. The van der Waals surface area contributed by atoms with Crippen molar-refractivity contribution >= 4 is 5.91 Å². The number of carbonyl (C=O) groups is 1. The Bertz CT molecular complexity index is 726. The first-order valence-corrected chi connectivity index (χ1v) is 7.08. The number of pyridine rings is 1. The molecule has 0 spiro atoms. The summed E-state index contributed by atoms with van der Waals surface area (Å²) in [4.78, 5) is 25.5. The lowest BCUT2D eigenvalue weighted by atomic mass is 10.2. The van der Waals surface area contributed by atoms with Crippen molar-refractivity contribution in [2.24, 2.45) is 0 Å². The van der Waals surface area contributed by atoms with E-state index in [9.17, 15) is 9.59 Å². The minimum Gasteiger partial charge on any atom is -0.486 e. The van der Waals surface area contributed by atoms with E-state index < -0.39 is 0 Å². The largest absolute Gasteiger partial charge is 0.486 e. The molecule has 0 saturated carbocycles. The van der Waals surface area contributed by atoms with Gasteiger partial charge in [-0.1, -0.05) is 18.2 Å². The topological polar surface area (TPSA) is 80.4 Å². The zero-order valence-electron chi connectivity index (χ0n) is 11.9. The summed E-state index contributed by atoms with van der Waals surface area (Å²) in [6, 6.07) is 12.0. The molecule has 1 amide bonds. The fraction of sp³-hybridized carbons (Fsp3) is 0.250. The van der Waals surface area contributed by atoms with Crippen LogP contribution in [0.4, 0.5) is 0 Å². The third-order valence-corrected chi connectivity index (χ3v) is 3.33. The molecule has 6 nitrogen and oxygen atoms in total. The maximum Gasteiger partial charge on any atom is 0.267 e. The van der Waals surface area contributed by atoms with Gasteiger partial charge in [-0.2, -0.15) is 0 Å². The highest BCUT2D eigenvalue weighted by molar-refractivity contribution is 5.92. The van der Waals surface area contributed by atoms with E-state index >= 15 is 0 Å². The van der Waals surface area contributed by atoms with Crippen LogP contribution in [0.25, 0.3) is 0 Å². The average Bonchev–Trinajstić information content (AvgIpc) is 2.54. The predicted molar refractivity (Wildman–Crippen MR) is 80.4 cm³/mol. The summed E-state index contributed by atoms with van der Waals surface area (Å²) in [6.45, 7) is 0.890. The standard InChI is InChI=1S/C16H16N2O4/c19-15-7-3-4-12(18-15)16(20)17-9-8-11-10-21-13-5-1-2-6-14(13)22-11/h1-7,11H,8-10H2,(H,17,20)(H,18,19). The molecule has 1 atom stereocenters. The van der Waals surface area contributed by atoms with Crippen LogP contribution >= 0.6 is 0 Å². The quantitative estimate of drug-likeness (QED) is 0.893. The van der Waals surface area contributed by atoms with Crippen molar-refractivity contribution in [1.29, 1.82) is 0 Å². The number of H-pyrrole nitrogens is 1. The van der Waals surface area contributed by atoms with Crippen molar-refractivity contribution in [3.63, 3.8) is 0 Å². The summed E-state index contributed by atoms with van der Waals surface area (Å²) < 4.78 is 11.4. The molecule has 2 aromatic rings. The molecule has 3 rings (SSSR count).